The highest BCUT2D eigenvalue weighted by atomic mass is 35.5. The zero-order chi connectivity index (χ0) is 20.1. The molecule has 0 saturated carbocycles. The van der Waals surface area contributed by atoms with Gasteiger partial charge >= 0.3 is 0 Å². The van der Waals surface area contributed by atoms with Gasteiger partial charge in [-0.25, -0.2) is 18.8 Å². The second kappa shape index (κ2) is 8.90. The molecule has 2 heterocycles. The molecule has 3 aromatic rings. The minimum Gasteiger partial charge on any atom is -0.364 e. The van der Waals surface area contributed by atoms with E-state index < -0.39 is 6.67 Å². The monoisotopic (exact) mass is 423 g/mol. The van der Waals surface area contributed by atoms with Crippen LogP contribution < -0.4 is 0 Å². The third-order valence-electron chi connectivity index (χ3n) is 3.55. The number of benzene rings is 1. The van der Waals surface area contributed by atoms with Crippen LogP contribution in [0.1, 0.15) is 11.3 Å². The van der Waals surface area contributed by atoms with Gasteiger partial charge in [0.15, 0.2) is 5.84 Å². The van der Waals surface area contributed by atoms with Crippen LogP contribution in [0.5, 0.6) is 0 Å². The van der Waals surface area contributed by atoms with E-state index in [2.05, 4.69) is 26.8 Å². The van der Waals surface area contributed by atoms with Crippen molar-refractivity contribution in [2.75, 3.05) is 6.67 Å². The van der Waals surface area contributed by atoms with E-state index in [1.54, 1.807) is 30.3 Å². The van der Waals surface area contributed by atoms with Crippen LogP contribution in [-0.2, 0) is 6.54 Å². The van der Waals surface area contributed by atoms with Gasteiger partial charge in [-0.1, -0.05) is 53.1 Å². The molecule has 0 unspecified atom stereocenters. The number of hydrogen-bond acceptors (Lipinski definition) is 4. The van der Waals surface area contributed by atoms with Crippen molar-refractivity contribution in [3.63, 3.8) is 0 Å². The Hall–Kier alpha value is -2.84. The summed E-state index contributed by atoms with van der Waals surface area (Å²) in [6.45, 7) is 2.59. The zero-order valence-electron chi connectivity index (χ0n) is 14.3. The van der Waals surface area contributed by atoms with Gasteiger partial charge in [-0.15, -0.1) is 0 Å². The van der Waals surface area contributed by atoms with Crippen LogP contribution in [0.2, 0.25) is 0 Å². The van der Waals surface area contributed by atoms with Gasteiger partial charge in [0.25, 0.3) is 0 Å². The lowest BCUT2D eigenvalue weighted by Crippen LogP contribution is -2.08. The van der Waals surface area contributed by atoms with Crippen LogP contribution in [0.3, 0.4) is 0 Å². The van der Waals surface area contributed by atoms with Crippen molar-refractivity contribution in [2.24, 2.45) is 9.98 Å². The van der Waals surface area contributed by atoms with Gasteiger partial charge in [-0.2, -0.15) is 5.10 Å². The summed E-state index contributed by atoms with van der Waals surface area (Å²) in [7, 11) is 0. The summed E-state index contributed by atoms with van der Waals surface area (Å²) in [6.07, 6.45) is 1.39. The van der Waals surface area contributed by atoms with E-state index in [1.807, 2.05) is 0 Å². The van der Waals surface area contributed by atoms with Crippen molar-refractivity contribution in [2.45, 2.75) is 6.54 Å². The number of halogens is 4. The summed E-state index contributed by atoms with van der Waals surface area (Å²) in [5.74, 6) is -0.424. The first kappa shape index (κ1) is 19.9. The normalized spacial score (nSPS) is 12.4. The maximum atomic E-state index is 14.1. The van der Waals surface area contributed by atoms with Crippen LogP contribution in [-0.4, -0.2) is 32.6 Å². The van der Waals surface area contributed by atoms with E-state index in [0.717, 1.165) is 0 Å². The van der Waals surface area contributed by atoms with Crippen molar-refractivity contribution in [1.82, 2.24) is 14.9 Å². The Morgan fingerprint density at radius 3 is 2.64 bits per heavy atom. The summed E-state index contributed by atoms with van der Waals surface area (Å²) >= 11 is 11.4. The predicted molar refractivity (Wildman–Crippen MR) is 104 cm³/mol. The average Bonchev–Trinajstić information content (AvgIpc) is 3.32. The number of amidine groups is 1. The minimum atomic E-state index is -0.985. The number of rotatable bonds is 6. The van der Waals surface area contributed by atoms with Crippen molar-refractivity contribution in [1.29, 1.82) is 0 Å². The molecule has 0 spiro atoms. The molecule has 0 aliphatic rings. The van der Waals surface area contributed by atoms with E-state index in [1.165, 1.54) is 17.0 Å². The fourth-order valence-electron chi connectivity index (χ4n) is 2.38. The van der Waals surface area contributed by atoms with Crippen LogP contribution in [0, 0.1) is 5.82 Å². The van der Waals surface area contributed by atoms with Gasteiger partial charge in [0.05, 0.1) is 12.2 Å². The number of hydrogen-bond donors (Lipinski definition) is 0. The second-order valence-corrected chi connectivity index (χ2v) is 6.35. The van der Waals surface area contributed by atoms with E-state index in [-0.39, 0.29) is 34.2 Å². The van der Waals surface area contributed by atoms with Gasteiger partial charge < -0.3 is 4.52 Å². The molecule has 6 nitrogen and oxygen atoms in total. The molecular weight excluding hydrogens is 411 g/mol. The molecule has 0 N–H and O–H groups in total. The zero-order valence-corrected chi connectivity index (χ0v) is 15.8. The molecular formula is C18H13Cl2F2N5O. The third-order valence-corrected chi connectivity index (χ3v) is 3.82. The lowest BCUT2D eigenvalue weighted by Gasteiger charge is -2.06. The maximum Gasteiger partial charge on any atom is 0.182 e. The summed E-state index contributed by atoms with van der Waals surface area (Å²) < 4.78 is 33.3. The molecule has 10 heteroatoms. The smallest absolute Gasteiger partial charge is 0.182 e. The average molecular weight is 424 g/mol. The molecule has 28 heavy (non-hydrogen) atoms. The van der Waals surface area contributed by atoms with E-state index in [4.69, 9.17) is 27.7 Å². The quantitative estimate of drug-likeness (QED) is 0.325. The highest BCUT2D eigenvalue weighted by Crippen LogP contribution is 2.22. The fraction of sp³-hybridized carbons (Fsp3) is 0.111. The van der Waals surface area contributed by atoms with Gasteiger partial charge in [0.2, 0.25) is 0 Å². The van der Waals surface area contributed by atoms with E-state index in [0.29, 0.717) is 17.0 Å². The predicted octanol–water partition coefficient (Wildman–Crippen LogP) is 4.79. The SMILES string of the molecule is C=C(Cl)N=C(N=C(Cl)CF)c1cc(-c2ccon2)n(Cc2ccccc2F)n1. The molecule has 0 amide bonds. The summed E-state index contributed by atoms with van der Waals surface area (Å²) in [4.78, 5) is 7.83. The Morgan fingerprint density at radius 1 is 1.21 bits per heavy atom. The molecule has 0 radical (unpaired) electrons. The molecule has 0 aliphatic heterocycles. The largest absolute Gasteiger partial charge is 0.364 e. The molecule has 144 valence electrons. The van der Waals surface area contributed by atoms with Gasteiger partial charge in [-0.05, 0) is 12.1 Å². The Balaban J connectivity index is 2.10. The molecule has 1 aromatic carbocycles. The Kier molecular flexibility index (Phi) is 6.33. The summed E-state index contributed by atoms with van der Waals surface area (Å²) in [6, 6.07) is 9.50. The Labute approximate surface area is 168 Å². The lowest BCUT2D eigenvalue weighted by atomic mass is 10.2. The third kappa shape index (κ3) is 4.71. The number of alkyl halides is 1. The Morgan fingerprint density at radius 2 is 2.00 bits per heavy atom. The van der Waals surface area contributed by atoms with Gasteiger partial charge in [0.1, 0.15) is 40.5 Å². The first-order valence-corrected chi connectivity index (χ1v) is 8.68. The van der Waals surface area contributed by atoms with Crippen LogP contribution >= 0.6 is 23.2 Å². The van der Waals surface area contributed by atoms with E-state index in [9.17, 15) is 8.78 Å². The van der Waals surface area contributed by atoms with E-state index >= 15 is 0 Å². The lowest BCUT2D eigenvalue weighted by molar-refractivity contribution is 0.421. The Bertz CT molecular complexity index is 1040. The van der Waals surface area contributed by atoms with Crippen LogP contribution in [0.15, 0.2) is 68.9 Å². The summed E-state index contributed by atoms with van der Waals surface area (Å²) in [5, 5.41) is 7.86. The molecule has 0 bridgehead atoms. The van der Waals surface area contributed by atoms with Gasteiger partial charge in [-0.3, -0.25) is 4.68 Å². The maximum absolute atomic E-state index is 14.1. The van der Waals surface area contributed by atoms with Gasteiger partial charge in [0, 0.05) is 11.6 Å². The highest BCUT2D eigenvalue weighted by molar-refractivity contribution is 6.66. The van der Waals surface area contributed by atoms with Crippen LogP contribution in [0.25, 0.3) is 11.4 Å². The van der Waals surface area contributed by atoms with Crippen molar-refractivity contribution < 1.29 is 13.3 Å². The topological polar surface area (TPSA) is 68.6 Å². The van der Waals surface area contributed by atoms with Crippen molar-refractivity contribution in [3.8, 4) is 11.4 Å². The minimum absolute atomic E-state index is 0.0420. The second-order valence-electron chi connectivity index (χ2n) is 5.48. The molecule has 0 fully saturated rings. The number of nitrogens with zero attached hydrogens (tertiary/aromatic N) is 5. The molecule has 0 saturated heterocycles. The van der Waals surface area contributed by atoms with Crippen molar-refractivity contribution in [3.05, 3.63) is 71.5 Å². The van der Waals surface area contributed by atoms with Crippen LogP contribution in [0.4, 0.5) is 8.78 Å². The molecule has 0 atom stereocenters. The first-order chi connectivity index (χ1) is 13.5. The molecule has 2 aromatic heterocycles. The van der Waals surface area contributed by atoms with Crippen molar-refractivity contribution >= 4 is 34.2 Å². The highest BCUT2D eigenvalue weighted by Gasteiger charge is 2.18. The number of aliphatic imine (C=N–C) groups is 2. The first-order valence-electron chi connectivity index (χ1n) is 7.92. The molecule has 0 aliphatic carbocycles. The number of aromatic nitrogens is 3. The fourth-order valence-corrected chi connectivity index (χ4v) is 2.54. The molecule has 3 rings (SSSR count). The summed E-state index contributed by atoms with van der Waals surface area (Å²) in [5.41, 5.74) is 1.60. The standard InChI is InChI=1S/C18H13Cl2F2N5O/c1-11(19)23-18(24-17(20)9-21)15-8-16(14-6-7-28-26-14)27(25-15)10-12-4-2-3-5-13(12)22/h2-8H,1,9-10H2.